The van der Waals surface area contributed by atoms with Crippen molar-refractivity contribution in [1.82, 2.24) is 0 Å². The summed E-state index contributed by atoms with van der Waals surface area (Å²) >= 11 is 0. The van der Waals surface area contributed by atoms with Gasteiger partial charge in [-0.05, 0) is 47.6 Å². The van der Waals surface area contributed by atoms with Gasteiger partial charge in [-0.1, -0.05) is 55.7 Å². The Hall–Kier alpha value is -2.08. The zero-order valence-electron chi connectivity index (χ0n) is 15.9. The van der Waals surface area contributed by atoms with Crippen LogP contribution in [0.5, 0.6) is 5.75 Å². The Balaban J connectivity index is 1.72. The van der Waals surface area contributed by atoms with Crippen molar-refractivity contribution in [3.8, 4) is 16.9 Å². The summed E-state index contributed by atoms with van der Waals surface area (Å²) in [5, 5.41) is 0. The lowest BCUT2D eigenvalue weighted by molar-refractivity contribution is 0.344. The molecule has 0 aliphatic carbocycles. The van der Waals surface area contributed by atoms with E-state index in [1.165, 1.54) is 43.0 Å². The van der Waals surface area contributed by atoms with E-state index in [-0.39, 0.29) is 6.26 Å². The second-order valence-corrected chi connectivity index (χ2v) is 10.9. The maximum absolute atomic E-state index is 14.1. The predicted octanol–water partition coefficient (Wildman–Crippen LogP) is 7.26. The Morgan fingerprint density at radius 3 is 2.18 bits per heavy atom. The highest BCUT2D eigenvalue weighted by Gasteiger charge is 2.22. The fourth-order valence-electron chi connectivity index (χ4n) is 4.08. The lowest BCUT2D eigenvalue weighted by Crippen LogP contribution is -2.19. The number of benzene rings is 2. The highest BCUT2D eigenvalue weighted by atomic mass is 28.3. The third-order valence-electron chi connectivity index (χ3n) is 5.52. The normalized spacial score (nSPS) is 19.3. The van der Waals surface area contributed by atoms with Crippen molar-refractivity contribution in [3.05, 3.63) is 65.9 Å². The molecular formula is C22H24F4OSi. The molecule has 0 atom stereocenters. The molecule has 0 saturated carbocycles. The van der Waals surface area contributed by atoms with Gasteiger partial charge in [0.2, 0.25) is 0 Å². The smallest absolute Gasteiger partial charge is 0.305 e. The van der Waals surface area contributed by atoms with Gasteiger partial charge in [0.15, 0.2) is 23.6 Å². The van der Waals surface area contributed by atoms with Gasteiger partial charge in [0.25, 0.3) is 0 Å². The minimum Gasteiger partial charge on any atom is -0.453 e. The average Bonchev–Trinajstić information content (AvgIpc) is 2.68. The molecule has 1 aliphatic rings. The molecule has 0 amide bonds. The number of rotatable bonds is 6. The Bertz CT molecular complexity index is 800. The first-order valence-corrected chi connectivity index (χ1v) is 12.2. The van der Waals surface area contributed by atoms with Crippen LogP contribution in [0.15, 0.2) is 48.7 Å². The van der Waals surface area contributed by atoms with Gasteiger partial charge in [0, 0.05) is 8.80 Å². The summed E-state index contributed by atoms with van der Waals surface area (Å²) in [6.07, 6.45) is 1.64. The van der Waals surface area contributed by atoms with Crippen LogP contribution in [0.1, 0.15) is 37.7 Å². The van der Waals surface area contributed by atoms with E-state index in [1.807, 2.05) is 24.3 Å². The highest BCUT2D eigenvalue weighted by molar-refractivity contribution is 6.59. The SMILES string of the molecule is CCC[SiH]1CCC(c2ccc(-c3cc(F)c(OC=C(F)F)c(F)c3)cc2)CC1. The zero-order valence-corrected chi connectivity index (χ0v) is 17.0. The first-order valence-electron chi connectivity index (χ1n) is 9.75. The van der Waals surface area contributed by atoms with E-state index >= 15 is 0 Å². The molecule has 0 N–H and O–H groups in total. The van der Waals surface area contributed by atoms with Crippen LogP contribution >= 0.6 is 0 Å². The van der Waals surface area contributed by atoms with E-state index in [0.717, 1.165) is 12.1 Å². The van der Waals surface area contributed by atoms with Gasteiger partial charge in [0.1, 0.15) is 0 Å². The monoisotopic (exact) mass is 408 g/mol. The first kappa shape index (κ1) is 20.6. The highest BCUT2D eigenvalue weighted by Crippen LogP contribution is 2.36. The van der Waals surface area contributed by atoms with E-state index < -0.39 is 32.3 Å². The second-order valence-electron chi connectivity index (χ2n) is 7.42. The molecule has 0 aromatic heterocycles. The molecule has 2 aromatic carbocycles. The molecule has 1 heterocycles. The zero-order chi connectivity index (χ0) is 20.1. The minimum absolute atomic E-state index is 0.0219. The fourth-order valence-corrected chi connectivity index (χ4v) is 7.51. The molecule has 1 saturated heterocycles. The number of halogens is 4. The molecule has 0 radical (unpaired) electrons. The summed E-state index contributed by atoms with van der Waals surface area (Å²) in [5.74, 6) is -2.30. The summed E-state index contributed by atoms with van der Waals surface area (Å²) in [6.45, 7) is 2.26. The molecule has 0 bridgehead atoms. The quantitative estimate of drug-likeness (QED) is 0.278. The van der Waals surface area contributed by atoms with Crippen LogP contribution in [0.25, 0.3) is 11.1 Å². The molecule has 0 spiro atoms. The lowest BCUT2D eigenvalue weighted by Gasteiger charge is -2.27. The molecule has 1 nitrogen and oxygen atoms in total. The van der Waals surface area contributed by atoms with Crippen LogP contribution in [-0.4, -0.2) is 8.80 Å². The van der Waals surface area contributed by atoms with Gasteiger partial charge in [-0.25, -0.2) is 8.78 Å². The number of ether oxygens (including phenoxy) is 1. The summed E-state index contributed by atoms with van der Waals surface area (Å²) < 4.78 is 56.7. The van der Waals surface area contributed by atoms with Gasteiger partial charge in [0.05, 0.1) is 0 Å². The van der Waals surface area contributed by atoms with Crippen LogP contribution in [0, 0.1) is 11.6 Å². The number of hydrogen-bond acceptors (Lipinski definition) is 1. The van der Waals surface area contributed by atoms with E-state index in [9.17, 15) is 17.6 Å². The molecule has 1 fully saturated rings. The first-order chi connectivity index (χ1) is 13.5. The van der Waals surface area contributed by atoms with E-state index in [1.54, 1.807) is 0 Å². The summed E-state index contributed by atoms with van der Waals surface area (Å²) in [7, 11) is -0.522. The summed E-state index contributed by atoms with van der Waals surface area (Å²) in [6, 6.07) is 14.2. The standard InChI is InChI=1S/C22H24F4OSi/c1-2-9-28-10-7-17(8-11-28)15-3-5-16(6-4-15)18-12-19(23)22(20(24)13-18)27-14-21(25)26/h3-6,12-14,17,28H,2,7-11H2,1H3. The average molecular weight is 409 g/mol. The minimum atomic E-state index is -2.16. The van der Waals surface area contributed by atoms with Crippen LogP contribution in [0.2, 0.25) is 18.1 Å². The summed E-state index contributed by atoms with van der Waals surface area (Å²) in [5.41, 5.74) is 2.30. The molecule has 0 unspecified atom stereocenters. The van der Waals surface area contributed by atoms with Crippen LogP contribution < -0.4 is 4.74 Å². The predicted molar refractivity (Wildman–Crippen MR) is 107 cm³/mol. The Morgan fingerprint density at radius 2 is 1.64 bits per heavy atom. The molecule has 1 aliphatic heterocycles. The molecule has 150 valence electrons. The van der Waals surface area contributed by atoms with Gasteiger partial charge >= 0.3 is 6.08 Å². The van der Waals surface area contributed by atoms with Gasteiger partial charge in [-0.3, -0.25) is 0 Å². The van der Waals surface area contributed by atoms with Crippen LogP contribution in [0.3, 0.4) is 0 Å². The van der Waals surface area contributed by atoms with Crippen molar-refractivity contribution in [2.24, 2.45) is 0 Å². The largest absolute Gasteiger partial charge is 0.453 e. The molecular weight excluding hydrogens is 384 g/mol. The topological polar surface area (TPSA) is 9.23 Å². The van der Waals surface area contributed by atoms with E-state index in [2.05, 4.69) is 11.7 Å². The van der Waals surface area contributed by atoms with Crippen molar-refractivity contribution >= 4 is 8.80 Å². The van der Waals surface area contributed by atoms with Crippen molar-refractivity contribution < 1.29 is 22.3 Å². The molecule has 6 heteroatoms. The van der Waals surface area contributed by atoms with E-state index in [0.29, 0.717) is 17.0 Å². The lowest BCUT2D eigenvalue weighted by atomic mass is 9.92. The van der Waals surface area contributed by atoms with Crippen molar-refractivity contribution in [2.75, 3.05) is 0 Å². The maximum Gasteiger partial charge on any atom is 0.305 e. The fraction of sp³-hybridized carbons (Fsp3) is 0.364. The second kappa shape index (κ2) is 9.41. The van der Waals surface area contributed by atoms with Gasteiger partial charge < -0.3 is 4.74 Å². The number of hydrogen-bond donors (Lipinski definition) is 0. The maximum atomic E-state index is 14.1. The Labute approximate surface area is 164 Å². The third kappa shape index (κ3) is 5.04. The van der Waals surface area contributed by atoms with Gasteiger partial charge in [-0.15, -0.1) is 0 Å². The van der Waals surface area contributed by atoms with Crippen molar-refractivity contribution in [1.29, 1.82) is 0 Å². The molecule has 2 aromatic rings. The Morgan fingerprint density at radius 1 is 1.04 bits per heavy atom. The van der Waals surface area contributed by atoms with E-state index in [4.69, 9.17) is 0 Å². The van der Waals surface area contributed by atoms with Crippen LogP contribution in [-0.2, 0) is 0 Å². The third-order valence-corrected chi connectivity index (χ3v) is 9.22. The van der Waals surface area contributed by atoms with Crippen molar-refractivity contribution in [2.45, 2.75) is 50.2 Å². The Kier molecular flexibility index (Phi) is 6.94. The summed E-state index contributed by atoms with van der Waals surface area (Å²) in [4.78, 5) is 0. The van der Waals surface area contributed by atoms with Gasteiger partial charge in [-0.2, -0.15) is 8.78 Å². The van der Waals surface area contributed by atoms with Crippen LogP contribution in [0.4, 0.5) is 17.6 Å². The van der Waals surface area contributed by atoms with Crippen molar-refractivity contribution in [3.63, 3.8) is 0 Å². The molecule has 3 rings (SSSR count). The molecule has 28 heavy (non-hydrogen) atoms.